The number of hydrogen-bond donors (Lipinski definition) is 2. The Morgan fingerprint density at radius 3 is 3.00 bits per heavy atom. The molecular weight excluding hydrogens is 230 g/mol. The van der Waals surface area contributed by atoms with Gasteiger partial charge in [0.05, 0.1) is 13.7 Å². The molecule has 0 spiro atoms. The zero-order valence-electron chi connectivity index (χ0n) is 10.3. The summed E-state index contributed by atoms with van der Waals surface area (Å²) in [4.78, 5) is 0. The van der Waals surface area contributed by atoms with Crippen LogP contribution in [0.5, 0.6) is 11.5 Å². The van der Waals surface area contributed by atoms with Crippen molar-refractivity contribution in [1.82, 2.24) is 15.1 Å². The molecule has 0 aliphatic heterocycles. The summed E-state index contributed by atoms with van der Waals surface area (Å²) in [6, 6.07) is 7.21. The van der Waals surface area contributed by atoms with Gasteiger partial charge in [0, 0.05) is 37.1 Å². The Morgan fingerprint density at radius 2 is 2.33 bits per heavy atom. The number of hydrogen-bond acceptors (Lipinski definition) is 4. The smallest absolute Gasteiger partial charge is 0.123 e. The van der Waals surface area contributed by atoms with Gasteiger partial charge in [0.25, 0.3) is 0 Å². The summed E-state index contributed by atoms with van der Waals surface area (Å²) in [5, 5.41) is 17.1. The van der Waals surface area contributed by atoms with Crippen LogP contribution in [0.25, 0.3) is 0 Å². The summed E-state index contributed by atoms with van der Waals surface area (Å²) in [5.74, 6) is 0.911. The van der Waals surface area contributed by atoms with Crippen molar-refractivity contribution >= 4 is 0 Å². The number of nitrogens with zero attached hydrogens (tertiary/aromatic N) is 2. The van der Waals surface area contributed by atoms with Crippen molar-refractivity contribution < 1.29 is 9.84 Å². The average molecular weight is 247 g/mol. The highest BCUT2D eigenvalue weighted by Crippen LogP contribution is 2.22. The van der Waals surface area contributed by atoms with Gasteiger partial charge in [-0.25, -0.2) is 0 Å². The highest BCUT2D eigenvalue weighted by Gasteiger charge is 2.02. The highest BCUT2D eigenvalue weighted by molar-refractivity contribution is 5.39. The van der Waals surface area contributed by atoms with Crippen molar-refractivity contribution in [3.63, 3.8) is 0 Å². The first-order chi connectivity index (χ1) is 8.79. The molecule has 1 aromatic carbocycles. The Bertz CT molecular complexity index is 483. The fourth-order valence-corrected chi connectivity index (χ4v) is 1.67. The Hall–Kier alpha value is -2.01. The Kier molecular flexibility index (Phi) is 4.20. The summed E-state index contributed by atoms with van der Waals surface area (Å²) < 4.78 is 6.89. The van der Waals surface area contributed by atoms with Crippen LogP contribution in [0.1, 0.15) is 5.56 Å². The first-order valence-electron chi connectivity index (χ1n) is 5.83. The van der Waals surface area contributed by atoms with E-state index in [1.54, 1.807) is 19.4 Å². The maximum atomic E-state index is 9.77. The number of aromatic hydroxyl groups is 1. The lowest BCUT2D eigenvalue weighted by atomic mass is 10.2. The summed E-state index contributed by atoms with van der Waals surface area (Å²) in [6.45, 7) is 2.23. The molecule has 0 saturated heterocycles. The highest BCUT2D eigenvalue weighted by atomic mass is 16.5. The standard InChI is InChI=1S/C13H17N3O2/c1-18-12-4-3-11(13(17)9-12)10-14-6-8-16-7-2-5-15-16/h2-5,7,9,14,17H,6,8,10H2,1H3. The first-order valence-corrected chi connectivity index (χ1v) is 5.83. The van der Waals surface area contributed by atoms with Crippen LogP contribution < -0.4 is 10.1 Å². The van der Waals surface area contributed by atoms with Crippen LogP contribution in [0.2, 0.25) is 0 Å². The van der Waals surface area contributed by atoms with Crippen molar-refractivity contribution in [1.29, 1.82) is 0 Å². The zero-order valence-corrected chi connectivity index (χ0v) is 10.3. The topological polar surface area (TPSA) is 59.3 Å². The van der Waals surface area contributed by atoms with Gasteiger partial charge in [0.2, 0.25) is 0 Å². The van der Waals surface area contributed by atoms with E-state index < -0.39 is 0 Å². The molecule has 0 atom stereocenters. The Balaban J connectivity index is 1.79. The van der Waals surface area contributed by atoms with Crippen molar-refractivity contribution in [3.05, 3.63) is 42.2 Å². The SMILES string of the molecule is COc1ccc(CNCCn2cccn2)c(O)c1. The minimum absolute atomic E-state index is 0.251. The molecule has 0 unspecified atom stereocenters. The molecular formula is C13H17N3O2. The molecule has 5 nitrogen and oxygen atoms in total. The number of methoxy groups -OCH3 is 1. The second kappa shape index (κ2) is 6.07. The lowest BCUT2D eigenvalue weighted by Crippen LogP contribution is -2.19. The second-order valence-corrected chi connectivity index (χ2v) is 3.94. The molecule has 96 valence electrons. The quantitative estimate of drug-likeness (QED) is 0.757. The number of aromatic nitrogens is 2. The van der Waals surface area contributed by atoms with Gasteiger partial charge < -0.3 is 15.2 Å². The minimum Gasteiger partial charge on any atom is -0.507 e. The number of rotatable bonds is 6. The average Bonchev–Trinajstić information content (AvgIpc) is 2.89. The molecule has 0 amide bonds. The normalized spacial score (nSPS) is 10.5. The molecule has 0 bridgehead atoms. The molecule has 0 saturated carbocycles. The van der Waals surface area contributed by atoms with E-state index in [0.29, 0.717) is 12.3 Å². The van der Waals surface area contributed by atoms with Crippen LogP contribution in [-0.2, 0) is 13.1 Å². The molecule has 0 aliphatic rings. The predicted molar refractivity (Wildman–Crippen MR) is 68.6 cm³/mol. The van der Waals surface area contributed by atoms with Crippen molar-refractivity contribution in [2.45, 2.75) is 13.1 Å². The number of benzene rings is 1. The van der Waals surface area contributed by atoms with Gasteiger partial charge in [0.1, 0.15) is 11.5 Å². The van der Waals surface area contributed by atoms with E-state index in [-0.39, 0.29) is 5.75 Å². The fraction of sp³-hybridized carbons (Fsp3) is 0.308. The van der Waals surface area contributed by atoms with E-state index in [2.05, 4.69) is 10.4 Å². The molecule has 2 N–H and O–H groups in total. The minimum atomic E-state index is 0.251. The summed E-state index contributed by atoms with van der Waals surface area (Å²) >= 11 is 0. The lowest BCUT2D eigenvalue weighted by molar-refractivity contribution is 0.405. The Labute approximate surface area is 106 Å². The molecule has 0 aliphatic carbocycles. The van der Waals surface area contributed by atoms with Gasteiger partial charge >= 0.3 is 0 Å². The van der Waals surface area contributed by atoms with Gasteiger partial charge in [-0.2, -0.15) is 5.10 Å². The number of phenols is 1. The molecule has 5 heteroatoms. The van der Waals surface area contributed by atoms with Crippen molar-refractivity contribution in [2.75, 3.05) is 13.7 Å². The summed E-state index contributed by atoms with van der Waals surface area (Å²) in [6.07, 6.45) is 3.68. The number of ether oxygens (including phenoxy) is 1. The molecule has 18 heavy (non-hydrogen) atoms. The molecule has 2 aromatic rings. The third-order valence-electron chi connectivity index (χ3n) is 2.68. The first kappa shape index (κ1) is 12.4. The fourth-order valence-electron chi connectivity index (χ4n) is 1.67. The van der Waals surface area contributed by atoms with Gasteiger partial charge in [-0.15, -0.1) is 0 Å². The second-order valence-electron chi connectivity index (χ2n) is 3.94. The number of nitrogens with one attached hydrogen (secondary N) is 1. The summed E-state index contributed by atoms with van der Waals surface area (Å²) in [5.41, 5.74) is 0.858. The monoisotopic (exact) mass is 247 g/mol. The number of phenolic OH excluding ortho intramolecular Hbond substituents is 1. The van der Waals surface area contributed by atoms with Crippen molar-refractivity contribution in [3.8, 4) is 11.5 Å². The van der Waals surface area contributed by atoms with Crippen LogP contribution in [0.3, 0.4) is 0 Å². The van der Waals surface area contributed by atoms with Gasteiger partial charge in [-0.05, 0) is 12.1 Å². The van der Waals surface area contributed by atoms with Crippen LogP contribution >= 0.6 is 0 Å². The molecule has 0 radical (unpaired) electrons. The molecule has 2 rings (SSSR count). The van der Waals surface area contributed by atoms with Crippen LogP contribution in [0.15, 0.2) is 36.7 Å². The predicted octanol–water partition coefficient (Wildman–Crippen LogP) is 1.39. The van der Waals surface area contributed by atoms with Crippen LogP contribution in [0, 0.1) is 0 Å². The zero-order chi connectivity index (χ0) is 12.8. The van der Waals surface area contributed by atoms with E-state index in [9.17, 15) is 5.11 Å². The van der Waals surface area contributed by atoms with Gasteiger partial charge in [-0.1, -0.05) is 6.07 Å². The maximum absolute atomic E-state index is 9.77. The van der Waals surface area contributed by atoms with Gasteiger partial charge in [-0.3, -0.25) is 4.68 Å². The van der Waals surface area contributed by atoms with E-state index in [4.69, 9.17) is 4.74 Å². The van der Waals surface area contributed by atoms with E-state index in [1.807, 2.05) is 29.1 Å². The third-order valence-corrected chi connectivity index (χ3v) is 2.68. The molecule has 0 fully saturated rings. The maximum Gasteiger partial charge on any atom is 0.123 e. The molecule has 1 heterocycles. The van der Waals surface area contributed by atoms with E-state index in [1.165, 1.54) is 0 Å². The lowest BCUT2D eigenvalue weighted by Gasteiger charge is -2.08. The Morgan fingerprint density at radius 1 is 1.44 bits per heavy atom. The summed E-state index contributed by atoms with van der Waals surface area (Å²) in [7, 11) is 1.58. The molecule has 1 aromatic heterocycles. The van der Waals surface area contributed by atoms with Crippen LogP contribution in [-0.4, -0.2) is 28.5 Å². The van der Waals surface area contributed by atoms with Crippen molar-refractivity contribution in [2.24, 2.45) is 0 Å². The van der Waals surface area contributed by atoms with E-state index >= 15 is 0 Å². The van der Waals surface area contributed by atoms with Gasteiger partial charge in [0.15, 0.2) is 0 Å². The largest absolute Gasteiger partial charge is 0.507 e. The van der Waals surface area contributed by atoms with Crippen LogP contribution in [0.4, 0.5) is 0 Å². The van der Waals surface area contributed by atoms with E-state index in [0.717, 1.165) is 18.7 Å². The third kappa shape index (κ3) is 3.24.